The highest BCUT2D eigenvalue weighted by Crippen LogP contribution is 2.25. The number of nitrogens with one attached hydrogen (secondary N) is 1. The quantitative estimate of drug-likeness (QED) is 0.354. The standard InChI is InChI=1S/C24H19FN2O5/c1-2-31-23(29)17-7-5-16(6-8-17)21-12-11-19(32-21)13-20-22(28)27(24(30)26-20)14-15-3-9-18(25)10-4-15/h3-13H,2,14H2,1H3,(H,26,30). The van der Waals surface area contributed by atoms with Crippen LogP contribution < -0.4 is 5.32 Å². The summed E-state index contributed by atoms with van der Waals surface area (Å²) in [6.45, 7) is 2.07. The van der Waals surface area contributed by atoms with Gasteiger partial charge < -0.3 is 14.5 Å². The van der Waals surface area contributed by atoms with Gasteiger partial charge in [0, 0.05) is 11.6 Å². The number of urea groups is 1. The lowest BCUT2D eigenvalue weighted by Crippen LogP contribution is -2.30. The lowest BCUT2D eigenvalue weighted by atomic mass is 10.1. The smallest absolute Gasteiger partial charge is 0.338 e. The molecule has 7 nitrogen and oxygen atoms in total. The van der Waals surface area contributed by atoms with Gasteiger partial charge in [-0.1, -0.05) is 24.3 Å². The number of furan rings is 1. The van der Waals surface area contributed by atoms with Crippen LogP contribution in [0.15, 0.2) is 70.8 Å². The van der Waals surface area contributed by atoms with E-state index >= 15 is 0 Å². The molecule has 1 aliphatic rings. The molecule has 3 amide bonds. The van der Waals surface area contributed by atoms with Gasteiger partial charge in [0.25, 0.3) is 5.91 Å². The third-order valence-electron chi connectivity index (χ3n) is 4.81. The van der Waals surface area contributed by atoms with Gasteiger partial charge in [-0.15, -0.1) is 0 Å². The highest BCUT2D eigenvalue weighted by atomic mass is 19.1. The zero-order chi connectivity index (χ0) is 22.7. The van der Waals surface area contributed by atoms with Crippen LogP contribution >= 0.6 is 0 Å². The SMILES string of the molecule is CCOC(=O)c1ccc(-c2ccc(C=C3NC(=O)N(Cc4ccc(F)cc4)C3=O)o2)cc1. The van der Waals surface area contributed by atoms with Crippen LogP contribution in [0.25, 0.3) is 17.4 Å². The van der Waals surface area contributed by atoms with Crippen LogP contribution in [0.5, 0.6) is 0 Å². The predicted octanol–water partition coefficient (Wildman–Crippen LogP) is 4.36. The molecule has 1 aliphatic heterocycles. The molecule has 3 aromatic rings. The van der Waals surface area contributed by atoms with Crippen molar-refractivity contribution in [2.24, 2.45) is 0 Å². The molecular weight excluding hydrogens is 415 g/mol. The summed E-state index contributed by atoms with van der Waals surface area (Å²) >= 11 is 0. The fourth-order valence-electron chi connectivity index (χ4n) is 3.20. The summed E-state index contributed by atoms with van der Waals surface area (Å²) in [6.07, 6.45) is 1.45. The average molecular weight is 434 g/mol. The van der Waals surface area contributed by atoms with E-state index in [-0.39, 0.29) is 12.2 Å². The number of rotatable bonds is 6. The average Bonchev–Trinajstić information content (AvgIpc) is 3.36. The van der Waals surface area contributed by atoms with Crippen molar-refractivity contribution in [3.8, 4) is 11.3 Å². The Balaban J connectivity index is 1.48. The van der Waals surface area contributed by atoms with E-state index in [9.17, 15) is 18.8 Å². The minimum atomic E-state index is -0.563. The Labute approximate surface area is 183 Å². The van der Waals surface area contributed by atoms with E-state index < -0.39 is 23.7 Å². The van der Waals surface area contributed by atoms with Crippen molar-refractivity contribution in [3.05, 3.63) is 89.1 Å². The van der Waals surface area contributed by atoms with E-state index in [1.165, 1.54) is 30.3 Å². The number of hydrogen-bond donors (Lipinski definition) is 1. The van der Waals surface area contributed by atoms with E-state index in [1.54, 1.807) is 43.3 Å². The Hall–Kier alpha value is -4.20. The first kappa shape index (κ1) is 21.0. The lowest BCUT2D eigenvalue weighted by Gasteiger charge is -2.11. The monoisotopic (exact) mass is 434 g/mol. The fourth-order valence-corrected chi connectivity index (χ4v) is 3.20. The zero-order valence-electron chi connectivity index (χ0n) is 17.1. The van der Waals surface area contributed by atoms with E-state index in [2.05, 4.69) is 5.32 Å². The lowest BCUT2D eigenvalue weighted by molar-refractivity contribution is -0.123. The van der Waals surface area contributed by atoms with Crippen molar-refractivity contribution in [1.82, 2.24) is 10.2 Å². The number of carbonyl (C=O) groups excluding carboxylic acids is 3. The topological polar surface area (TPSA) is 88.9 Å². The van der Waals surface area contributed by atoms with Crippen LogP contribution in [0.3, 0.4) is 0 Å². The predicted molar refractivity (Wildman–Crippen MR) is 114 cm³/mol. The van der Waals surface area contributed by atoms with Gasteiger partial charge in [0.15, 0.2) is 0 Å². The fraction of sp³-hybridized carbons (Fsp3) is 0.125. The van der Waals surface area contributed by atoms with Crippen LogP contribution in [-0.4, -0.2) is 29.4 Å². The Bertz CT molecular complexity index is 1200. The van der Waals surface area contributed by atoms with Crippen molar-refractivity contribution < 1.29 is 27.9 Å². The van der Waals surface area contributed by atoms with Gasteiger partial charge in [-0.3, -0.25) is 9.69 Å². The molecule has 8 heteroatoms. The molecule has 0 unspecified atom stereocenters. The molecule has 0 atom stereocenters. The van der Waals surface area contributed by atoms with E-state index in [0.717, 1.165) is 10.5 Å². The maximum absolute atomic E-state index is 13.1. The highest BCUT2D eigenvalue weighted by Gasteiger charge is 2.33. The maximum Gasteiger partial charge on any atom is 0.338 e. The van der Waals surface area contributed by atoms with Crippen LogP contribution in [-0.2, 0) is 16.1 Å². The number of ether oxygens (including phenoxy) is 1. The molecule has 0 spiro atoms. The minimum absolute atomic E-state index is 0.0263. The molecule has 2 aromatic carbocycles. The summed E-state index contributed by atoms with van der Waals surface area (Å²) in [7, 11) is 0. The molecule has 4 rings (SSSR count). The normalized spacial score (nSPS) is 14.7. The van der Waals surface area contributed by atoms with Crippen molar-refractivity contribution in [2.75, 3.05) is 6.61 Å². The van der Waals surface area contributed by atoms with Crippen molar-refractivity contribution in [2.45, 2.75) is 13.5 Å². The second-order valence-electron chi connectivity index (χ2n) is 7.01. The molecule has 1 aromatic heterocycles. The molecule has 0 bridgehead atoms. The Morgan fingerprint density at radius 3 is 2.47 bits per heavy atom. The minimum Gasteiger partial charge on any atom is -0.462 e. The molecule has 0 aliphatic carbocycles. The first-order chi connectivity index (χ1) is 15.4. The Morgan fingerprint density at radius 1 is 1.06 bits per heavy atom. The van der Waals surface area contributed by atoms with Gasteiger partial charge in [-0.25, -0.2) is 14.0 Å². The number of carbonyl (C=O) groups is 3. The van der Waals surface area contributed by atoms with Crippen molar-refractivity contribution in [1.29, 1.82) is 0 Å². The second kappa shape index (κ2) is 8.89. The van der Waals surface area contributed by atoms with Gasteiger partial charge in [0.05, 0.1) is 18.7 Å². The van der Waals surface area contributed by atoms with E-state index in [4.69, 9.17) is 9.15 Å². The second-order valence-corrected chi connectivity index (χ2v) is 7.01. The van der Waals surface area contributed by atoms with Crippen molar-refractivity contribution in [3.63, 3.8) is 0 Å². The third-order valence-corrected chi connectivity index (χ3v) is 4.81. The van der Waals surface area contributed by atoms with E-state index in [0.29, 0.717) is 29.3 Å². The molecule has 1 saturated heterocycles. The maximum atomic E-state index is 13.1. The number of hydrogen-bond acceptors (Lipinski definition) is 5. The largest absolute Gasteiger partial charge is 0.462 e. The Morgan fingerprint density at radius 2 is 1.78 bits per heavy atom. The summed E-state index contributed by atoms with van der Waals surface area (Å²) in [5.41, 5.74) is 1.88. The molecule has 0 radical (unpaired) electrons. The first-order valence-electron chi connectivity index (χ1n) is 9.91. The number of halogens is 1. The molecule has 1 fully saturated rings. The summed E-state index contributed by atoms with van der Waals surface area (Å²) in [6, 6.07) is 15.2. The van der Waals surface area contributed by atoms with Crippen LogP contribution in [0.2, 0.25) is 0 Å². The van der Waals surface area contributed by atoms with Gasteiger partial charge in [0.1, 0.15) is 23.0 Å². The summed E-state index contributed by atoms with van der Waals surface area (Å²) in [5, 5.41) is 2.53. The molecule has 0 saturated carbocycles. The number of esters is 1. The molecule has 162 valence electrons. The van der Waals surface area contributed by atoms with E-state index in [1.807, 2.05) is 0 Å². The van der Waals surface area contributed by atoms with Crippen LogP contribution in [0.1, 0.15) is 28.6 Å². The molecule has 32 heavy (non-hydrogen) atoms. The number of amides is 3. The number of nitrogens with zero attached hydrogens (tertiary/aromatic N) is 1. The van der Waals surface area contributed by atoms with Gasteiger partial charge in [-0.2, -0.15) is 0 Å². The Kier molecular flexibility index (Phi) is 5.85. The first-order valence-corrected chi connectivity index (χ1v) is 9.91. The van der Waals surface area contributed by atoms with Gasteiger partial charge >= 0.3 is 12.0 Å². The highest BCUT2D eigenvalue weighted by molar-refractivity contribution is 6.13. The molecule has 2 heterocycles. The summed E-state index contributed by atoms with van der Waals surface area (Å²) < 4.78 is 23.8. The molecule has 1 N–H and O–H groups in total. The summed E-state index contributed by atoms with van der Waals surface area (Å²) in [5.74, 6) is -0.384. The third kappa shape index (κ3) is 4.44. The summed E-state index contributed by atoms with van der Waals surface area (Å²) in [4.78, 5) is 37.7. The number of imide groups is 1. The zero-order valence-corrected chi connectivity index (χ0v) is 17.1. The van der Waals surface area contributed by atoms with Crippen LogP contribution in [0, 0.1) is 5.82 Å². The number of benzene rings is 2. The van der Waals surface area contributed by atoms with Gasteiger partial charge in [0.2, 0.25) is 0 Å². The van der Waals surface area contributed by atoms with Crippen LogP contribution in [0.4, 0.5) is 9.18 Å². The van der Waals surface area contributed by atoms with Crippen molar-refractivity contribution >= 4 is 24.0 Å². The van der Waals surface area contributed by atoms with Gasteiger partial charge in [-0.05, 0) is 48.9 Å². The molecular formula is C24H19FN2O5.